The van der Waals surface area contributed by atoms with E-state index in [-0.39, 0.29) is 5.91 Å². The summed E-state index contributed by atoms with van der Waals surface area (Å²) in [6.45, 7) is 10.9. The summed E-state index contributed by atoms with van der Waals surface area (Å²) in [7, 11) is 7.96. The Bertz CT molecular complexity index is 1900. The molecular formula is C44H64N8O10. The Labute approximate surface area is 364 Å². The third-order valence-electron chi connectivity index (χ3n) is 9.80. The number of carbonyl (C=O) groups is 4. The van der Waals surface area contributed by atoms with Crippen molar-refractivity contribution in [2.45, 2.75) is 64.1 Å². The fraction of sp³-hybridized carbons (Fsp3) is 0.500. The number of aliphatic imine (C=N–C) groups is 1. The Morgan fingerprint density at radius 2 is 1.58 bits per heavy atom. The lowest BCUT2D eigenvalue weighted by atomic mass is 9.98. The molecule has 2 aromatic carbocycles. The fourth-order valence-electron chi connectivity index (χ4n) is 6.31. The van der Waals surface area contributed by atoms with Crippen LogP contribution in [-0.2, 0) is 35.0 Å². The van der Waals surface area contributed by atoms with Gasteiger partial charge < -0.3 is 64.4 Å². The van der Waals surface area contributed by atoms with Gasteiger partial charge >= 0.3 is 12.2 Å². The van der Waals surface area contributed by atoms with Gasteiger partial charge in [-0.3, -0.25) is 9.79 Å². The Kier molecular flexibility index (Phi) is 22.6. The lowest BCUT2D eigenvalue weighted by molar-refractivity contribution is -0.122. The van der Waals surface area contributed by atoms with Gasteiger partial charge in [-0.25, -0.2) is 14.6 Å². The maximum absolute atomic E-state index is 12.2. The van der Waals surface area contributed by atoms with E-state index in [0.717, 1.165) is 71.8 Å². The number of carbonyl (C=O) groups excluding carboxylic acids is 4. The van der Waals surface area contributed by atoms with E-state index in [4.69, 9.17) is 18.9 Å². The number of nitrogens with one attached hydrogen (secondary N) is 5. The van der Waals surface area contributed by atoms with Crippen LogP contribution < -0.4 is 30.7 Å². The number of ether oxygens (including phenoxy) is 6. The average Bonchev–Trinajstić information content (AvgIpc) is 3.93. The molecule has 1 aromatic heterocycles. The number of nitrogens with zero attached hydrogens (tertiary/aromatic N) is 3. The fourth-order valence-corrected chi connectivity index (χ4v) is 6.31. The van der Waals surface area contributed by atoms with E-state index in [0.29, 0.717) is 63.2 Å². The molecule has 3 atom stereocenters. The number of unbranched alkanes of at least 4 members (excludes halogenated alkanes) is 1. The molecule has 3 amide bonds. The van der Waals surface area contributed by atoms with Gasteiger partial charge in [0.05, 0.1) is 51.1 Å². The van der Waals surface area contributed by atoms with Crippen LogP contribution in [0.25, 0.3) is 28.1 Å². The van der Waals surface area contributed by atoms with E-state index >= 15 is 0 Å². The van der Waals surface area contributed by atoms with Crippen LogP contribution in [0.1, 0.15) is 50.9 Å². The highest BCUT2D eigenvalue weighted by Crippen LogP contribution is 2.40. The van der Waals surface area contributed by atoms with Crippen LogP contribution in [0, 0.1) is 0 Å². The standard InChI is InChI=1S/C39H55N7O7.C5H9NO3/c1-27(44-39(48)51-6)38(47)41-16-8-7-11-37-43-26-34(45-37)29-13-15-32(36(23-29)53-21-19-50-5)31-14-12-28(22-35(31)52-20-18-49-4)33(25-40-2)42-24-30-10-9-17-46(30)3;1-4(3-7)6-5(8)9-2/h12-15,22-23,25-27,30,42H,2,7-11,16-21,24H2,1,3-6H3,(H,41,47)(H,43,45)(H,44,48);3-4H,1-2H3,(H,6,8)/b33-25-;/t27-,30?;/m0./s1. The number of benzene rings is 2. The molecule has 1 aliphatic rings. The van der Waals surface area contributed by atoms with Gasteiger partial charge in [-0.1, -0.05) is 12.1 Å². The van der Waals surface area contributed by atoms with E-state index in [1.54, 1.807) is 34.3 Å². The third kappa shape index (κ3) is 16.8. The Morgan fingerprint density at radius 1 is 0.919 bits per heavy atom. The molecule has 340 valence electrons. The van der Waals surface area contributed by atoms with Crippen LogP contribution in [0.15, 0.2) is 53.8 Å². The monoisotopic (exact) mass is 864 g/mol. The molecule has 18 heteroatoms. The second kappa shape index (κ2) is 27.8. The SMILES string of the molecule is C=N/C=C(\NCC1CCCN1C)c1ccc(-c2ccc(-c3cnc(CCCCNC(=O)[C@H](C)NC(=O)OC)[nH]3)cc2OCCOC)c(OCCOC)c1.COC(=O)NC(C)C=O. The highest BCUT2D eigenvalue weighted by atomic mass is 16.5. The topological polar surface area (TPSA) is 216 Å². The largest absolute Gasteiger partial charge is 0.491 e. The highest BCUT2D eigenvalue weighted by Gasteiger charge is 2.22. The maximum atomic E-state index is 12.2. The number of H-pyrrole nitrogens is 1. The Hall–Kier alpha value is -5.98. The molecule has 2 heterocycles. The molecule has 0 spiro atoms. The van der Waals surface area contributed by atoms with Gasteiger partial charge in [0.25, 0.3) is 0 Å². The molecule has 3 aromatic rings. The minimum atomic E-state index is -0.681. The first kappa shape index (κ1) is 50.4. The van der Waals surface area contributed by atoms with Crippen molar-refractivity contribution in [1.82, 2.24) is 36.1 Å². The number of hydrogen-bond acceptors (Lipinski definition) is 14. The number of likely N-dealkylation sites (N-methyl/N-ethyl adjacent to an activating group) is 1. The molecule has 1 aliphatic heterocycles. The van der Waals surface area contributed by atoms with Crippen LogP contribution >= 0.6 is 0 Å². The van der Waals surface area contributed by atoms with Gasteiger partial charge in [-0.2, -0.15) is 0 Å². The van der Waals surface area contributed by atoms with E-state index in [1.807, 2.05) is 36.5 Å². The van der Waals surface area contributed by atoms with Gasteiger partial charge in [0, 0.05) is 68.2 Å². The summed E-state index contributed by atoms with van der Waals surface area (Å²) >= 11 is 0. The van der Waals surface area contributed by atoms with Crippen LogP contribution in [0.2, 0.25) is 0 Å². The van der Waals surface area contributed by atoms with Crippen LogP contribution in [0.5, 0.6) is 11.5 Å². The molecule has 0 radical (unpaired) electrons. The quantitative estimate of drug-likeness (QED) is 0.0474. The summed E-state index contributed by atoms with van der Waals surface area (Å²) in [5, 5.41) is 11.1. The van der Waals surface area contributed by atoms with E-state index in [2.05, 4.69) is 70.4 Å². The number of aromatic nitrogens is 2. The van der Waals surface area contributed by atoms with Crippen LogP contribution in [-0.4, -0.2) is 146 Å². The summed E-state index contributed by atoms with van der Waals surface area (Å²) in [6.07, 6.45) is 7.59. The molecule has 1 saturated heterocycles. The van der Waals surface area contributed by atoms with Crippen LogP contribution in [0.4, 0.5) is 9.59 Å². The van der Waals surface area contributed by atoms with Crippen molar-refractivity contribution in [3.05, 3.63) is 60.2 Å². The van der Waals surface area contributed by atoms with Crippen molar-refractivity contribution in [2.75, 3.05) is 81.5 Å². The average molecular weight is 865 g/mol. The van der Waals surface area contributed by atoms with Crippen molar-refractivity contribution in [3.8, 4) is 33.9 Å². The third-order valence-corrected chi connectivity index (χ3v) is 9.80. The van der Waals surface area contributed by atoms with Gasteiger partial charge in [-0.15, -0.1) is 0 Å². The molecule has 4 rings (SSSR count). The van der Waals surface area contributed by atoms with Gasteiger partial charge in [0.1, 0.15) is 42.9 Å². The first-order valence-electron chi connectivity index (χ1n) is 20.6. The Morgan fingerprint density at radius 3 is 2.19 bits per heavy atom. The number of rotatable bonds is 24. The summed E-state index contributed by atoms with van der Waals surface area (Å²) in [4.78, 5) is 58.2. The normalized spacial score (nSPS) is 14.6. The number of alkyl carbamates (subject to hydrolysis) is 2. The van der Waals surface area contributed by atoms with Crippen molar-refractivity contribution in [2.24, 2.45) is 4.99 Å². The molecule has 1 fully saturated rings. The smallest absolute Gasteiger partial charge is 0.407 e. The molecule has 0 bridgehead atoms. The highest BCUT2D eigenvalue weighted by molar-refractivity contribution is 5.85. The number of imidazole rings is 1. The van der Waals surface area contributed by atoms with E-state index in [9.17, 15) is 19.2 Å². The number of likely N-dealkylation sites (tertiary alicyclic amines) is 1. The zero-order valence-electron chi connectivity index (χ0n) is 37.0. The second-order valence-corrected chi connectivity index (χ2v) is 14.4. The number of aldehydes is 1. The molecule has 2 unspecified atom stereocenters. The lowest BCUT2D eigenvalue weighted by Crippen LogP contribution is -2.45. The number of amides is 3. The zero-order chi connectivity index (χ0) is 45.3. The van der Waals surface area contributed by atoms with E-state index in [1.165, 1.54) is 20.6 Å². The van der Waals surface area contributed by atoms with Crippen LogP contribution in [0.3, 0.4) is 0 Å². The predicted molar refractivity (Wildman–Crippen MR) is 237 cm³/mol. The van der Waals surface area contributed by atoms with Gasteiger partial charge in [0.2, 0.25) is 5.91 Å². The van der Waals surface area contributed by atoms with E-state index < -0.39 is 24.3 Å². The molecule has 0 aliphatic carbocycles. The molecule has 5 N–H and O–H groups in total. The van der Waals surface area contributed by atoms with Crippen molar-refractivity contribution >= 4 is 36.8 Å². The minimum absolute atomic E-state index is 0.265. The van der Waals surface area contributed by atoms with Crippen molar-refractivity contribution in [1.29, 1.82) is 0 Å². The number of methoxy groups -OCH3 is 4. The number of aryl methyl sites for hydroxylation is 1. The molecular weight excluding hydrogens is 801 g/mol. The number of hydrogen-bond donors (Lipinski definition) is 5. The first-order chi connectivity index (χ1) is 30.0. The maximum Gasteiger partial charge on any atom is 0.407 e. The number of aromatic amines is 1. The summed E-state index contributed by atoms with van der Waals surface area (Å²) < 4.78 is 32.0. The van der Waals surface area contributed by atoms with Crippen molar-refractivity contribution < 1.29 is 47.6 Å². The van der Waals surface area contributed by atoms with Gasteiger partial charge in [-0.05, 0) is 84.1 Å². The molecule has 18 nitrogen and oxygen atoms in total. The predicted octanol–water partition coefficient (Wildman–Crippen LogP) is 4.59. The second-order valence-electron chi connectivity index (χ2n) is 14.4. The summed E-state index contributed by atoms with van der Waals surface area (Å²) in [5.74, 6) is 1.94. The Balaban J connectivity index is 0.00000102. The zero-order valence-corrected chi connectivity index (χ0v) is 37.0. The van der Waals surface area contributed by atoms with Gasteiger partial charge in [0.15, 0.2) is 0 Å². The molecule has 0 saturated carbocycles. The summed E-state index contributed by atoms with van der Waals surface area (Å²) in [6, 6.07) is 11.5. The summed E-state index contributed by atoms with van der Waals surface area (Å²) in [5.41, 5.74) is 5.33. The molecule has 62 heavy (non-hydrogen) atoms. The minimum Gasteiger partial charge on any atom is -0.491 e. The lowest BCUT2D eigenvalue weighted by Gasteiger charge is -2.22. The first-order valence-corrected chi connectivity index (χ1v) is 20.6. The van der Waals surface area contributed by atoms with Crippen molar-refractivity contribution in [3.63, 3.8) is 0 Å².